The summed E-state index contributed by atoms with van der Waals surface area (Å²) >= 11 is 0. The van der Waals surface area contributed by atoms with E-state index in [1.54, 1.807) is 0 Å². The Balaban J connectivity index is 3.29. The SMILES string of the molecule is COCOc1cc(OC)cc(C(=O)OC)c1C=O. The molecular weight excluding hydrogens is 240 g/mol. The van der Waals surface area contributed by atoms with Crippen LogP contribution in [0.5, 0.6) is 11.5 Å². The quantitative estimate of drug-likeness (QED) is 0.432. The summed E-state index contributed by atoms with van der Waals surface area (Å²) < 4.78 is 19.6. The molecule has 0 saturated heterocycles. The zero-order valence-electron chi connectivity index (χ0n) is 10.4. The van der Waals surface area contributed by atoms with Crippen molar-refractivity contribution in [1.29, 1.82) is 0 Å². The Morgan fingerprint density at radius 3 is 2.50 bits per heavy atom. The van der Waals surface area contributed by atoms with Gasteiger partial charge >= 0.3 is 5.97 Å². The normalized spacial score (nSPS) is 9.72. The minimum atomic E-state index is -0.640. The zero-order chi connectivity index (χ0) is 13.5. The van der Waals surface area contributed by atoms with Crippen LogP contribution in [-0.4, -0.2) is 40.4 Å². The average Bonchev–Trinajstić information content (AvgIpc) is 2.42. The first-order valence-electron chi connectivity index (χ1n) is 5.05. The Kier molecular flexibility index (Phi) is 5.13. The van der Waals surface area contributed by atoms with Gasteiger partial charge in [-0.05, 0) is 6.07 Å². The smallest absolute Gasteiger partial charge is 0.338 e. The van der Waals surface area contributed by atoms with E-state index in [9.17, 15) is 9.59 Å². The van der Waals surface area contributed by atoms with Crippen LogP contribution in [0.25, 0.3) is 0 Å². The van der Waals surface area contributed by atoms with Crippen LogP contribution in [0, 0.1) is 0 Å². The minimum Gasteiger partial charge on any atom is -0.497 e. The summed E-state index contributed by atoms with van der Waals surface area (Å²) in [5.74, 6) is -0.0584. The standard InChI is InChI=1S/C12H14O6/c1-15-7-18-11-5-8(16-2)4-9(10(11)6-13)12(14)17-3/h4-6H,7H2,1-3H3. The summed E-state index contributed by atoms with van der Waals surface area (Å²) in [4.78, 5) is 22.6. The van der Waals surface area contributed by atoms with Gasteiger partial charge < -0.3 is 18.9 Å². The third-order valence-electron chi connectivity index (χ3n) is 2.21. The van der Waals surface area contributed by atoms with Crippen molar-refractivity contribution in [3.05, 3.63) is 23.3 Å². The molecule has 0 amide bonds. The molecule has 0 heterocycles. The van der Waals surface area contributed by atoms with Gasteiger partial charge in [0.1, 0.15) is 11.5 Å². The van der Waals surface area contributed by atoms with Gasteiger partial charge in [0.05, 0.1) is 25.3 Å². The van der Waals surface area contributed by atoms with E-state index in [0.29, 0.717) is 12.0 Å². The summed E-state index contributed by atoms with van der Waals surface area (Å²) in [5, 5.41) is 0. The van der Waals surface area contributed by atoms with Gasteiger partial charge in [0.15, 0.2) is 13.1 Å². The number of benzene rings is 1. The maximum Gasteiger partial charge on any atom is 0.338 e. The van der Waals surface area contributed by atoms with E-state index < -0.39 is 5.97 Å². The lowest BCUT2D eigenvalue weighted by atomic mass is 10.1. The molecule has 0 unspecified atom stereocenters. The van der Waals surface area contributed by atoms with E-state index in [2.05, 4.69) is 4.74 Å². The van der Waals surface area contributed by atoms with E-state index in [-0.39, 0.29) is 23.7 Å². The van der Waals surface area contributed by atoms with E-state index in [1.807, 2.05) is 0 Å². The summed E-state index contributed by atoms with van der Waals surface area (Å²) in [6.07, 6.45) is 0.524. The van der Waals surface area contributed by atoms with Crippen LogP contribution in [0.2, 0.25) is 0 Å². The fourth-order valence-electron chi connectivity index (χ4n) is 1.36. The van der Waals surface area contributed by atoms with Gasteiger partial charge in [0.25, 0.3) is 0 Å². The van der Waals surface area contributed by atoms with Gasteiger partial charge in [-0.15, -0.1) is 0 Å². The van der Waals surface area contributed by atoms with Gasteiger partial charge in [-0.1, -0.05) is 0 Å². The highest BCUT2D eigenvalue weighted by atomic mass is 16.7. The molecule has 0 aromatic heterocycles. The number of methoxy groups -OCH3 is 3. The predicted molar refractivity (Wildman–Crippen MR) is 62.2 cm³/mol. The van der Waals surface area contributed by atoms with Crippen molar-refractivity contribution in [3.8, 4) is 11.5 Å². The molecule has 0 aliphatic carbocycles. The Labute approximate surface area is 104 Å². The van der Waals surface area contributed by atoms with E-state index >= 15 is 0 Å². The first-order chi connectivity index (χ1) is 8.67. The third kappa shape index (κ3) is 2.98. The first-order valence-corrected chi connectivity index (χ1v) is 5.05. The number of hydrogen-bond acceptors (Lipinski definition) is 6. The van der Waals surface area contributed by atoms with E-state index in [4.69, 9.17) is 14.2 Å². The highest BCUT2D eigenvalue weighted by Gasteiger charge is 2.18. The molecule has 0 bridgehead atoms. The lowest BCUT2D eigenvalue weighted by Crippen LogP contribution is -2.09. The summed E-state index contributed by atoms with van der Waals surface area (Å²) in [5.41, 5.74) is 0.178. The van der Waals surface area contributed by atoms with Crippen molar-refractivity contribution in [3.63, 3.8) is 0 Å². The number of aldehydes is 1. The highest BCUT2D eigenvalue weighted by molar-refractivity contribution is 6.00. The molecule has 0 aliphatic heterocycles. The number of carbonyl (C=O) groups is 2. The number of carbonyl (C=O) groups excluding carboxylic acids is 2. The largest absolute Gasteiger partial charge is 0.497 e. The molecule has 18 heavy (non-hydrogen) atoms. The first kappa shape index (κ1) is 14.0. The summed E-state index contributed by atoms with van der Waals surface area (Å²) in [6.45, 7) is -0.0470. The van der Waals surface area contributed by atoms with Crippen LogP contribution in [0.3, 0.4) is 0 Å². The fraction of sp³-hybridized carbons (Fsp3) is 0.333. The van der Waals surface area contributed by atoms with Crippen molar-refractivity contribution in [2.75, 3.05) is 28.1 Å². The molecule has 0 aliphatic rings. The molecule has 6 heteroatoms. The van der Waals surface area contributed by atoms with Crippen LogP contribution in [0.15, 0.2) is 12.1 Å². The van der Waals surface area contributed by atoms with Crippen molar-refractivity contribution >= 4 is 12.3 Å². The predicted octanol–water partition coefficient (Wildman–Crippen LogP) is 1.28. The van der Waals surface area contributed by atoms with Crippen LogP contribution in [0.4, 0.5) is 0 Å². The molecular formula is C12H14O6. The molecule has 1 aromatic carbocycles. The van der Waals surface area contributed by atoms with Crippen LogP contribution in [-0.2, 0) is 9.47 Å². The second kappa shape index (κ2) is 6.61. The number of esters is 1. The maximum atomic E-state index is 11.6. The molecule has 0 fully saturated rings. The number of ether oxygens (including phenoxy) is 4. The van der Waals surface area contributed by atoms with Gasteiger partial charge in [0.2, 0.25) is 0 Å². The fourth-order valence-corrected chi connectivity index (χ4v) is 1.36. The van der Waals surface area contributed by atoms with Crippen molar-refractivity contribution in [1.82, 2.24) is 0 Å². The van der Waals surface area contributed by atoms with Gasteiger partial charge in [-0.3, -0.25) is 4.79 Å². The Morgan fingerprint density at radius 2 is 2.00 bits per heavy atom. The molecule has 0 N–H and O–H groups in total. The molecule has 0 atom stereocenters. The molecule has 1 rings (SSSR count). The van der Waals surface area contributed by atoms with Crippen LogP contribution < -0.4 is 9.47 Å². The Hall–Kier alpha value is -2.08. The number of rotatable bonds is 6. The van der Waals surface area contributed by atoms with Crippen molar-refractivity contribution in [2.45, 2.75) is 0 Å². The molecule has 98 valence electrons. The van der Waals surface area contributed by atoms with Gasteiger partial charge in [0, 0.05) is 13.2 Å². The Bertz CT molecular complexity index is 440. The summed E-state index contributed by atoms with van der Waals surface area (Å²) in [7, 11) is 4.12. The molecule has 0 radical (unpaired) electrons. The number of hydrogen-bond donors (Lipinski definition) is 0. The minimum absolute atomic E-state index is 0.0470. The average molecular weight is 254 g/mol. The third-order valence-corrected chi connectivity index (χ3v) is 2.21. The highest BCUT2D eigenvalue weighted by Crippen LogP contribution is 2.28. The second-order valence-electron chi connectivity index (χ2n) is 3.25. The van der Waals surface area contributed by atoms with Crippen LogP contribution in [0.1, 0.15) is 20.7 Å². The van der Waals surface area contributed by atoms with Crippen molar-refractivity contribution in [2.24, 2.45) is 0 Å². The van der Waals surface area contributed by atoms with E-state index in [1.165, 1.54) is 33.5 Å². The lowest BCUT2D eigenvalue weighted by Gasteiger charge is -2.12. The molecule has 0 saturated carbocycles. The topological polar surface area (TPSA) is 71.1 Å². The monoisotopic (exact) mass is 254 g/mol. The maximum absolute atomic E-state index is 11.6. The van der Waals surface area contributed by atoms with Crippen molar-refractivity contribution < 1.29 is 28.5 Å². The van der Waals surface area contributed by atoms with E-state index in [0.717, 1.165) is 0 Å². The van der Waals surface area contributed by atoms with Gasteiger partial charge in [-0.2, -0.15) is 0 Å². The Morgan fingerprint density at radius 1 is 1.28 bits per heavy atom. The second-order valence-corrected chi connectivity index (χ2v) is 3.25. The molecule has 1 aromatic rings. The molecule has 6 nitrogen and oxygen atoms in total. The van der Waals surface area contributed by atoms with Crippen LogP contribution >= 0.6 is 0 Å². The van der Waals surface area contributed by atoms with Gasteiger partial charge in [-0.25, -0.2) is 4.79 Å². The summed E-state index contributed by atoms with van der Waals surface area (Å²) in [6, 6.07) is 2.91. The zero-order valence-corrected chi connectivity index (χ0v) is 10.4. The lowest BCUT2D eigenvalue weighted by molar-refractivity contribution is 0.0494. The molecule has 0 spiro atoms.